The highest BCUT2D eigenvalue weighted by Crippen LogP contribution is 2.21. The summed E-state index contributed by atoms with van der Waals surface area (Å²) in [4.78, 5) is 0. The van der Waals surface area contributed by atoms with Crippen LogP contribution in [0.3, 0.4) is 0 Å². The Morgan fingerprint density at radius 2 is 1.83 bits per heavy atom. The summed E-state index contributed by atoms with van der Waals surface area (Å²) in [7, 11) is 0. The van der Waals surface area contributed by atoms with Gasteiger partial charge in [-0.15, -0.1) is 0 Å². The predicted octanol–water partition coefficient (Wildman–Crippen LogP) is 5.99. The Morgan fingerprint density at radius 3 is 2.43 bits per heavy atom. The van der Waals surface area contributed by atoms with Crippen molar-refractivity contribution in [3.05, 3.63) is 63.6 Å². The summed E-state index contributed by atoms with van der Waals surface area (Å²) in [5, 5.41) is 8.15. The number of rotatable bonds is 5. The zero-order chi connectivity index (χ0) is 16.8. The lowest BCUT2D eigenvalue weighted by Gasteiger charge is -2.13. The van der Waals surface area contributed by atoms with Gasteiger partial charge in [-0.1, -0.05) is 55.2 Å². The Bertz CT molecular complexity index is 671. The van der Waals surface area contributed by atoms with E-state index in [1.165, 1.54) is 5.56 Å². The highest BCUT2D eigenvalue weighted by atomic mass is 35.5. The van der Waals surface area contributed by atoms with Crippen molar-refractivity contribution >= 4 is 46.2 Å². The lowest BCUT2D eigenvalue weighted by Crippen LogP contribution is -2.27. The van der Waals surface area contributed by atoms with Crippen LogP contribution in [0.4, 0.5) is 5.69 Å². The molecule has 0 spiro atoms. The van der Waals surface area contributed by atoms with E-state index in [0.29, 0.717) is 27.6 Å². The smallest absolute Gasteiger partial charge is 0.171 e. The van der Waals surface area contributed by atoms with E-state index in [9.17, 15) is 0 Å². The normalized spacial score (nSPS) is 11.8. The predicted molar refractivity (Wildman–Crippen MR) is 105 cm³/mol. The van der Waals surface area contributed by atoms with Crippen molar-refractivity contribution in [3.63, 3.8) is 0 Å². The third-order valence-corrected chi connectivity index (χ3v) is 4.64. The van der Waals surface area contributed by atoms with Gasteiger partial charge in [0.2, 0.25) is 0 Å². The zero-order valence-electron chi connectivity index (χ0n) is 13.2. The van der Waals surface area contributed by atoms with Gasteiger partial charge in [-0.3, -0.25) is 0 Å². The molecule has 23 heavy (non-hydrogen) atoms. The minimum atomic E-state index is 0.548. The first-order valence-electron chi connectivity index (χ1n) is 7.58. The average Bonchev–Trinajstić information content (AvgIpc) is 2.54. The molecule has 2 aromatic carbocycles. The molecule has 0 bridgehead atoms. The molecule has 2 rings (SSSR count). The molecule has 0 amide bonds. The third kappa shape index (κ3) is 5.38. The molecule has 2 N–H and O–H groups in total. The van der Waals surface area contributed by atoms with Gasteiger partial charge >= 0.3 is 0 Å². The molecular formula is C18H20Cl2N2S. The molecule has 0 aromatic heterocycles. The van der Waals surface area contributed by atoms with Crippen LogP contribution in [0, 0.1) is 0 Å². The van der Waals surface area contributed by atoms with E-state index in [2.05, 4.69) is 36.6 Å². The van der Waals surface area contributed by atoms with E-state index < -0.39 is 0 Å². The lowest BCUT2D eigenvalue weighted by molar-refractivity contribution is 0.734. The highest BCUT2D eigenvalue weighted by molar-refractivity contribution is 7.80. The van der Waals surface area contributed by atoms with Crippen LogP contribution in [-0.4, -0.2) is 5.11 Å². The van der Waals surface area contributed by atoms with E-state index in [0.717, 1.165) is 17.7 Å². The first-order valence-corrected chi connectivity index (χ1v) is 8.74. The number of anilines is 1. The number of benzene rings is 2. The fraction of sp³-hybridized carbons (Fsp3) is 0.278. The quantitative estimate of drug-likeness (QED) is 0.635. The molecule has 1 atom stereocenters. The van der Waals surface area contributed by atoms with Crippen molar-refractivity contribution in [2.45, 2.75) is 32.7 Å². The van der Waals surface area contributed by atoms with Crippen molar-refractivity contribution in [2.75, 3.05) is 5.32 Å². The molecule has 2 aromatic rings. The van der Waals surface area contributed by atoms with Gasteiger partial charge in [0.1, 0.15) is 0 Å². The largest absolute Gasteiger partial charge is 0.358 e. The van der Waals surface area contributed by atoms with Gasteiger partial charge in [0.05, 0.1) is 0 Å². The summed E-state index contributed by atoms with van der Waals surface area (Å²) in [6, 6.07) is 13.8. The minimum Gasteiger partial charge on any atom is -0.358 e. The second-order valence-electron chi connectivity index (χ2n) is 5.47. The SMILES string of the molecule is CCC(C)c1ccc(NC(=S)NCc2ccc(Cl)cc2Cl)cc1. The van der Waals surface area contributed by atoms with Gasteiger partial charge in [-0.25, -0.2) is 0 Å². The summed E-state index contributed by atoms with van der Waals surface area (Å²) >= 11 is 17.4. The highest BCUT2D eigenvalue weighted by Gasteiger charge is 2.05. The number of hydrogen-bond acceptors (Lipinski definition) is 1. The summed E-state index contributed by atoms with van der Waals surface area (Å²) in [5.74, 6) is 0.571. The molecule has 0 fully saturated rings. The van der Waals surface area contributed by atoms with Gasteiger partial charge in [0, 0.05) is 22.3 Å². The molecule has 0 heterocycles. The Labute approximate surface area is 153 Å². The van der Waals surface area contributed by atoms with Crippen molar-refractivity contribution in [2.24, 2.45) is 0 Å². The fourth-order valence-corrected chi connectivity index (χ4v) is 2.81. The summed E-state index contributed by atoms with van der Waals surface area (Å²) in [5.41, 5.74) is 3.26. The van der Waals surface area contributed by atoms with Crippen LogP contribution in [-0.2, 0) is 6.54 Å². The molecule has 0 aliphatic heterocycles. The maximum absolute atomic E-state index is 6.15. The Balaban J connectivity index is 1.89. The van der Waals surface area contributed by atoms with Crippen LogP contribution in [0.25, 0.3) is 0 Å². The zero-order valence-corrected chi connectivity index (χ0v) is 15.5. The Hall–Kier alpha value is -1.29. The van der Waals surface area contributed by atoms with Crippen LogP contribution < -0.4 is 10.6 Å². The fourth-order valence-electron chi connectivity index (χ4n) is 2.15. The van der Waals surface area contributed by atoms with Crippen molar-refractivity contribution in [1.82, 2.24) is 5.32 Å². The van der Waals surface area contributed by atoms with Crippen LogP contribution in [0.5, 0.6) is 0 Å². The Morgan fingerprint density at radius 1 is 1.13 bits per heavy atom. The lowest BCUT2D eigenvalue weighted by atomic mass is 9.99. The maximum atomic E-state index is 6.15. The standard InChI is InChI=1S/C18H20Cl2N2S/c1-3-12(2)13-5-8-16(9-6-13)22-18(23)21-11-14-4-7-15(19)10-17(14)20/h4-10,12H,3,11H2,1-2H3,(H2,21,22,23). The molecule has 0 aliphatic carbocycles. The topological polar surface area (TPSA) is 24.1 Å². The average molecular weight is 367 g/mol. The first-order chi connectivity index (χ1) is 11.0. The maximum Gasteiger partial charge on any atom is 0.171 e. The summed E-state index contributed by atoms with van der Waals surface area (Å²) in [6.07, 6.45) is 1.13. The van der Waals surface area contributed by atoms with E-state index in [4.69, 9.17) is 35.4 Å². The van der Waals surface area contributed by atoms with Crippen LogP contribution in [0.1, 0.15) is 37.3 Å². The molecule has 0 saturated heterocycles. The molecule has 122 valence electrons. The second kappa shape index (κ2) is 8.53. The monoisotopic (exact) mass is 366 g/mol. The number of nitrogens with one attached hydrogen (secondary N) is 2. The van der Waals surface area contributed by atoms with Gasteiger partial charge < -0.3 is 10.6 Å². The molecular weight excluding hydrogens is 347 g/mol. The first kappa shape index (κ1) is 18.1. The van der Waals surface area contributed by atoms with E-state index >= 15 is 0 Å². The number of halogens is 2. The van der Waals surface area contributed by atoms with Gasteiger partial charge in [-0.2, -0.15) is 0 Å². The van der Waals surface area contributed by atoms with Crippen molar-refractivity contribution < 1.29 is 0 Å². The molecule has 0 radical (unpaired) electrons. The molecule has 5 heteroatoms. The minimum absolute atomic E-state index is 0.548. The van der Waals surface area contributed by atoms with Gasteiger partial charge in [-0.05, 0) is 59.9 Å². The van der Waals surface area contributed by atoms with E-state index in [1.807, 2.05) is 24.3 Å². The van der Waals surface area contributed by atoms with E-state index in [-0.39, 0.29) is 0 Å². The Kier molecular flexibility index (Phi) is 6.70. The molecule has 1 unspecified atom stereocenters. The van der Waals surface area contributed by atoms with Gasteiger partial charge in [0.25, 0.3) is 0 Å². The summed E-state index contributed by atoms with van der Waals surface area (Å²) in [6.45, 7) is 4.97. The van der Waals surface area contributed by atoms with Crippen LogP contribution in [0.2, 0.25) is 10.0 Å². The molecule has 0 aliphatic rings. The van der Waals surface area contributed by atoms with Crippen LogP contribution in [0.15, 0.2) is 42.5 Å². The van der Waals surface area contributed by atoms with E-state index in [1.54, 1.807) is 6.07 Å². The number of thiocarbonyl (C=S) groups is 1. The summed E-state index contributed by atoms with van der Waals surface area (Å²) < 4.78 is 0. The van der Waals surface area contributed by atoms with Crippen molar-refractivity contribution in [1.29, 1.82) is 0 Å². The third-order valence-electron chi connectivity index (χ3n) is 3.80. The molecule has 2 nitrogen and oxygen atoms in total. The van der Waals surface area contributed by atoms with Crippen molar-refractivity contribution in [3.8, 4) is 0 Å². The van der Waals surface area contributed by atoms with Gasteiger partial charge in [0.15, 0.2) is 5.11 Å². The van der Waals surface area contributed by atoms with Crippen LogP contribution >= 0.6 is 35.4 Å². The second-order valence-corrected chi connectivity index (χ2v) is 6.73. The number of hydrogen-bond donors (Lipinski definition) is 2. The molecule has 0 saturated carbocycles.